The molecular weight excluding hydrogens is 484 g/mol. The fourth-order valence-corrected chi connectivity index (χ4v) is 6.56. The number of carbonyl (C=O) groups excluding carboxylic acids is 3. The van der Waals surface area contributed by atoms with Crippen molar-refractivity contribution in [2.45, 2.75) is 141 Å². The van der Waals surface area contributed by atoms with Crippen molar-refractivity contribution < 1.29 is 24.3 Å². The maximum atomic E-state index is 13.6. The van der Waals surface area contributed by atoms with Gasteiger partial charge in [0, 0.05) is 37.5 Å². The zero-order valence-electron chi connectivity index (χ0n) is 23.9. The third kappa shape index (κ3) is 8.68. The minimum Gasteiger partial charge on any atom is -0.481 e. The number of likely N-dealkylation sites (tertiary alicyclic amines) is 1. The molecular formula is C29H50N4O5. The number of hydrogen-bond donors (Lipinski definition) is 4. The lowest BCUT2D eigenvalue weighted by Crippen LogP contribution is -2.59. The number of amides is 3. The lowest BCUT2D eigenvalue weighted by Gasteiger charge is -2.38. The van der Waals surface area contributed by atoms with Gasteiger partial charge in [-0.05, 0) is 83.5 Å². The zero-order chi connectivity index (χ0) is 27.9. The molecule has 3 rings (SSSR count). The van der Waals surface area contributed by atoms with Crippen LogP contribution in [-0.2, 0) is 14.4 Å². The molecule has 0 bridgehead atoms. The number of carboxylic acid groups (broad SMARTS) is 1. The van der Waals surface area contributed by atoms with Gasteiger partial charge in [-0.2, -0.15) is 0 Å². The summed E-state index contributed by atoms with van der Waals surface area (Å²) in [6.45, 7) is 8.46. The van der Waals surface area contributed by atoms with Crippen molar-refractivity contribution in [3.8, 4) is 0 Å². The monoisotopic (exact) mass is 534 g/mol. The molecule has 2 unspecified atom stereocenters. The molecule has 9 nitrogen and oxygen atoms in total. The Balaban J connectivity index is 1.43. The van der Waals surface area contributed by atoms with Gasteiger partial charge in [-0.1, -0.05) is 26.7 Å². The summed E-state index contributed by atoms with van der Waals surface area (Å²) in [6, 6.07) is 0.125. The van der Waals surface area contributed by atoms with Crippen molar-refractivity contribution in [1.29, 1.82) is 0 Å². The molecule has 4 atom stereocenters. The summed E-state index contributed by atoms with van der Waals surface area (Å²) in [7, 11) is 0. The fraction of sp³-hybridized carbons (Fsp3) is 0.862. The van der Waals surface area contributed by atoms with Crippen LogP contribution in [0.25, 0.3) is 0 Å². The summed E-state index contributed by atoms with van der Waals surface area (Å²) >= 11 is 0. The minimum atomic E-state index is -0.853. The molecule has 0 spiro atoms. The summed E-state index contributed by atoms with van der Waals surface area (Å²) in [5.74, 6) is -0.405. The van der Waals surface area contributed by atoms with E-state index in [0.717, 1.165) is 38.5 Å². The van der Waals surface area contributed by atoms with Gasteiger partial charge in [-0.25, -0.2) is 4.79 Å². The van der Waals surface area contributed by atoms with Crippen molar-refractivity contribution in [2.75, 3.05) is 6.54 Å². The summed E-state index contributed by atoms with van der Waals surface area (Å²) < 4.78 is 0. The summed E-state index contributed by atoms with van der Waals surface area (Å²) in [6.07, 6.45) is 10.5. The number of nitrogens with one attached hydrogen (secondary N) is 3. The van der Waals surface area contributed by atoms with Crippen LogP contribution in [0.2, 0.25) is 0 Å². The molecule has 1 saturated heterocycles. The van der Waals surface area contributed by atoms with E-state index in [1.54, 1.807) is 4.90 Å². The van der Waals surface area contributed by atoms with Crippen LogP contribution in [0.3, 0.4) is 0 Å². The Morgan fingerprint density at radius 2 is 1.58 bits per heavy atom. The molecule has 4 N–H and O–H groups in total. The normalized spacial score (nSPS) is 28.9. The third-order valence-corrected chi connectivity index (χ3v) is 8.92. The van der Waals surface area contributed by atoms with E-state index in [1.165, 1.54) is 19.3 Å². The van der Waals surface area contributed by atoms with E-state index in [1.807, 2.05) is 20.8 Å². The topological polar surface area (TPSA) is 128 Å². The Labute approximate surface area is 228 Å². The predicted octanol–water partition coefficient (Wildman–Crippen LogP) is 3.99. The molecule has 0 aromatic rings. The number of carboxylic acids is 1. The molecule has 0 radical (unpaired) electrons. The molecule has 216 valence electrons. The van der Waals surface area contributed by atoms with Gasteiger partial charge in [-0.3, -0.25) is 14.4 Å². The highest BCUT2D eigenvalue weighted by atomic mass is 16.4. The van der Waals surface area contributed by atoms with Gasteiger partial charge in [0.15, 0.2) is 5.78 Å². The first-order chi connectivity index (χ1) is 18.0. The second-order valence-corrected chi connectivity index (χ2v) is 12.7. The van der Waals surface area contributed by atoms with E-state index in [-0.39, 0.29) is 54.6 Å². The first kappa shape index (κ1) is 30.4. The first-order valence-corrected chi connectivity index (χ1v) is 14.9. The van der Waals surface area contributed by atoms with Gasteiger partial charge in [0.25, 0.3) is 0 Å². The van der Waals surface area contributed by atoms with Crippen molar-refractivity contribution >= 4 is 23.7 Å². The van der Waals surface area contributed by atoms with E-state index >= 15 is 0 Å². The predicted molar refractivity (Wildman–Crippen MR) is 147 cm³/mol. The molecule has 1 heterocycles. The number of urea groups is 1. The lowest BCUT2D eigenvalue weighted by atomic mass is 9.85. The van der Waals surface area contributed by atoms with Gasteiger partial charge < -0.3 is 26.0 Å². The molecule has 1 aliphatic heterocycles. The van der Waals surface area contributed by atoms with Gasteiger partial charge in [0.2, 0.25) is 5.91 Å². The largest absolute Gasteiger partial charge is 0.481 e. The molecule has 3 fully saturated rings. The van der Waals surface area contributed by atoms with Crippen LogP contribution in [0.1, 0.15) is 111 Å². The Hall–Kier alpha value is -2.16. The van der Waals surface area contributed by atoms with Crippen LogP contribution >= 0.6 is 0 Å². The van der Waals surface area contributed by atoms with Gasteiger partial charge in [-0.15, -0.1) is 0 Å². The number of rotatable bonds is 11. The van der Waals surface area contributed by atoms with E-state index in [4.69, 9.17) is 5.11 Å². The standard InChI is InChI=1S/C29H50N4O5/c1-19(18-26(35)36)11-16-25(34)33-17-7-10-24(33)27(37)29(3,4)32-22-14-12-21(13-15-22)30-28(38)31-23-9-6-5-8-20(23)2/h19-24,32H,5-18H2,1-4H3,(H,35,36)(H2,30,31,38)/t19-,20?,21?,22?,23?,24-/m0/s1. The van der Waals surface area contributed by atoms with Gasteiger partial charge in [0.05, 0.1) is 11.6 Å². The Morgan fingerprint density at radius 1 is 0.921 bits per heavy atom. The lowest BCUT2D eigenvalue weighted by molar-refractivity contribution is -0.140. The molecule has 38 heavy (non-hydrogen) atoms. The summed E-state index contributed by atoms with van der Waals surface area (Å²) in [5, 5.41) is 18.9. The number of ketones is 1. The van der Waals surface area contributed by atoms with Crippen LogP contribution in [0, 0.1) is 11.8 Å². The van der Waals surface area contributed by atoms with Crippen molar-refractivity contribution in [3.05, 3.63) is 0 Å². The summed E-state index contributed by atoms with van der Waals surface area (Å²) in [5.41, 5.74) is -0.760. The van der Waals surface area contributed by atoms with Crippen LogP contribution in [-0.4, -0.2) is 69.9 Å². The Kier molecular flexibility index (Phi) is 11.0. The maximum Gasteiger partial charge on any atom is 0.315 e. The smallest absolute Gasteiger partial charge is 0.315 e. The van der Waals surface area contributed by atoms with Crippen molar-refractivity contribution in [2.24, 2.45) is 11.8 Å². The van der Waals surface area contributed by atoms with Crippen LogP contribution in [0.4, 0.5) is 4.79 Å². The molecule has 3 amide bonds. The van der Waals surface area contributed by atoms with E-state index in [0.29, 0.717) is 25.3 Å². The van der Waals surface area contributed by atoms with Crippen LogP contribution < -0.4 is 16.0 Å². The molecule has 9 heteroatoms. The zero-order valence-corrected chi connectivity index (χ0v) is 23.9. The van der Waals surface area contributed by atoms with E-state index in [2.05, 4.69) is 22.9 Å². The number of carbonyl (C=O) groups is 4. The highest BCUT2D eigenvalue weighted by molar-refractivity contribution is 5.95. The fourth-order valence-electron chi connectivity index (χ4n) is 6.56. The van der Waals surface area contributed by atoms with Crippen molar-refractivity contribution in [1.82, 2.24) is 20.9 Å². The first-order valence-electron chi connectivity index (χ1n) is 14.9. The second-order valence-electron chi connectivity index (χ2n) is 12.7. The van der Waals surface area contributed by atoms with Gasteiger partial charge >= 0.3 is 12.0 Å². The van der Waals surface area contributed by atoms with Crippen molar-refractivity contribution in [3.63, 3.8) is 0 Å². The van der Waals surface area contributed by atoms with E-state index in [9.17, 15) is 19.2 Å². The number of aliphatic carboxylic acids is 1. The number of Topliss-reactive ketones (excluding diaryl/α,β-unsaturated/α-hetero) is 1. The van der Waals surface area contributed by atoms with Crippen LogP contribution in [0.15, 0.2) is 0 Å². The average molecular weight is 535 g/mol. The summed E-state index contributed by atoms with van der Waals surface area (Å²) in [4.78, 5) is 51.6. The quantitative estimate of drug-likeness (QED) is 0.317. The van der Waals surface area contributed by atoms with Gasteiger partial charge in [0.1, 0.15) is 0 Å². The SMILES string of the molecule is CC1CCCCC1NC(=O)NC1CCC(NC(C)(C)C(=O)[C@@H]2CCCN2C(=O)CC[C@H](C)CC(=O)O)CC1. The molecule has 0 aromatic heterocycles. The highest BCUT2D eigenvalue weighted by Crippen LogP contribution is 2.27. The van der Waals surface area contributed by atoms with Crippen LogP contribution in [0.5, 0.6) is 0 Å². The maximum absolute atomic E-state index is 13.6. The molecule has 0 aromatic carbocycles. The minimum absolute atomic E-state index is 0.0446. The number of hydrogen-bond acceptors (Lipinski definition) is 5. The number of nitrogens with zero attached hydrogens (tertiary/aromatic N) is 1. The Bertz CT molecular complexity index is 839. The molecule has 3 aliphatic rings. The molecule has 2 saturated carbocycles. The average Bonchev–Trinajstić information content (AvgIpc) is 3.34. The second kappa shape index (κ2) is 13.8. The Morgan fingerprint density at radius 3 is 2.24 bits per heavy atom. The third-order valence-electron chi connectivity index (χ3n) is 8.92. The highest BCUT2D eigenvalue weighted by Gasteiger charge is 2.42. The molecule has 2 aliphatic carbocycles. The van der Waals surface area contributed by atoms with E-state index < -0.39 is 17.6 Å².